The second-order valence-corrected chi connectivity index (χ2v) is 4.85. The fourth-order valence-corrected chi connectivity index (χ4v) is 2.54. The van der Waals surface area contributed by atoms with Gasteiger partial charge in [0, 0.05) is 24.7 Å². The van der Waals surface area contributed by atoms with E-state index in [1.807, 2.05) is 17.9 Å². The molecule has 2 N–H and O–H groups in total. The van der Waals surface area contributed by atoms with Gasteiger partial charge < -0.3 is 5.73 Å². The molecule has 1 aliphatic carbocycles. The lowest BCUT2D eigenvalue weighted by atomic mass is 10.1. The maximum absolute atomic E-state index is 6.05. The summed E-state index contributed by atoms with van der Waals surface area (Å²) in [4.78, 5) is 4.54. The summed E-state index contributed by atoms with van der Waals surface area (Å²) in [6.45, 7) is 2.80. The van der Waals surface area contributed by atoms with E-state index in [2.05, 4.69) is 17.0 Å². The van der Waals surface area contributed by atoms with Crippen LogP contribution in [0.2, 0.25) is 0 Å². The largest absolute Gasteiger partial charge is 0.387 e. The average molecular weight is 234 g/mol. The molecule has 1 aliphatic rings. The van der Waals surface area contributed by atoms with Crippen LogP contribution in [0, 0.1) is 5.92 Å². The van der Waals surface area contributed by atoms with Gasteiger partial charge in [0.15, 0.2) is 0 Å². The Bertz CT molecular complexity index is 400. The molecule has 0 saturated heterocycles. The van der Waals surface area contributed by atoms with Gasteiger partial charge in [-0.1, -0.05) is 19.8 Å². The van der Waals surface area contributed by atoms with Crippen LogP contribution >= 0.6 is 0 Å². The van der Waals surface area contributed by atoms with Crippen LogP contribution in [-0.4, -0.2) is 15.6 Å². The molecule has 94 valence electrons. The Labute approximate surface area is 103 Å². The molecule has 1 aromatic rings. The normalized spacial score (nSPS) is 17.9. The third kappa shape index (κ3) is 2.87. The fourth-order valence-electron chi connectivity index (χ4n) is 2.54. The molecule has 0 bridgehead atoms. The van der Waals surface area contributed by atoms with E-state index in [1.54, 1.807) is 0 Å². The molecule has 2 rings (SSSR count). The standard InChI is InChI=1S/C13H22N4/c1-3-12-11(9-17(2)16-12)8-15-13(14)10-6-4-5-7-10/h9-10H,3-8H2,1-2H3,(H2,14,15). The molecule has 1 saturated carbocycles. The molecule has 1 fully saturated rings. The molecule has 4 heteroatoms. The van der Waals surface area contributed by atoms with Gasteiger partial charge in [0.25, 0.3) is 0 Å². The van der Waals surface area contributed by atoms with Crippen LogP contribution in [0.25, 0.3) is 0 Å². The van der Waals surface area contributed by atoms with Gasteiger partial charge >= 0.3 is 0 Å². The van der Waals surface area contributed by atoms with Crippen molar-refractivity contribution in [1.29, 1.82) is 0 Å². The first-order valence-corrected chi connectivity index (χ1v) is 6.52. The fraction of sp³-hybridized carbons (Fsp3) is 0.692. The number of nitrogens with two attached hydrogens (primary N) is 1. The summed E-state index contributed by atoms with van der Waals surface area (Å²) in [5.41, 5.74) is 8.39. The zero-order valence-electron chi connectivity index (χ0n) is 10.8. The Balaban J connectivity index is 2.02. The lowest BCUT2D eigenvalue weighted by molar-refractivity contribution is 0.715. The van der Waals surface area contributed by atoms with Crippen molar-refractivity contribution in [3.8, 4) is 0 Å². The van der Waals surface area contributed by atoms with Crippen LogP contribution in [0.3, 0.4) is 0 Å². The van der Waals surface area contributed by atoms with Crippen molar-refractivity contribution in [3.05, 3.63) is 17.5 Å². The van der Waals surface area contributed by atoms with Crippen molar-refractivity contribution >= 4 is 5.84 Å². The van der Waals surface area contributed by atoms with Crippen LogP contribution in [-0.2, 0) is 20.0 Å². The minimum atomic E-state index is 0.525. The van der Waals surface area contributed by atoms with Crippen LogP contribution in [0.5, 0.6) is 0 Å². The second kappa shape index (κ2) is 5.34. The van der Waals surface area contributed by atoms with Crippen LogP contribution in [0.4, 0.5) is 0 Å². The summed E-state index contributed by atoms with van der Waals surface area (Å²) in [7, 11) is 1.95. The Hall–Kier alpha value is -1.32. The van der Waals surface area contributed by atoms with Gasteiger partial charge in [-0.25, -0.2) is 0 Å². The molecular weight excluding hydrogens is 212 g/mol. The number of hydrogen-bond acceptors (Lipinski definition) is 2. The van der Waals surface area contributed by atoms with Crippen molar-refractivity contribution in [2.45, 2.75) is 45.6 Å². The first kappa shape index (κ1) is 12.1. The minimum Gasteiger partial charge on any atom is -0.387 e. The number of aryl methyl sites for hydroxylation is 2. The van der Waals surface area contributed by atoms with Crippen molar-refractivity contribution in [1.82, 2.24) is 9.78 Å². The van der Waals surface area contributed by atoms with Gasteiger partial charge in [-0.15, -0.1) is 0 Å². The first-order valence-electron chi connectivity index (χ1n) is 6.52. The summed E-state index contributed by atoms with van der Waals surface area (Å²) in [5, 5.41) is 4.41. The van der Waals surface area contributed by atoms with E-state index in [1.165, 1.54) is 31.2 Å². The maximum Gasteiger partial charge on any atom is 0.0972 e. The highest BCUT2D eigenvalue weighted by molar-refractivity contribution is 5.83. The van der Waals surface area contributed by atoms with E-state index in [0.717, 1.165) is 18.0 Å². The second-order valence-electron chi connectivity index (χ2n) is 4.85. The topological polar surface area (TPSA) is 56.2 Å². The molecule has 0 radical (unpaired) electrons. The predicted molar refractivity (Wildman–Crippen MR) is 69.9 cm³/mol. The van der Waals surface area contributed by atoms with Crippen LogP contribution in [0.15, 0.2) is 11.2 Å². The maximum atomic E-state index is 6.05. The summed E-state index contributed by atoms with van der Waals surface area (Å²) < 4.78 is 1.86. The smallest absolute Gasteiger partial charge is 0.0972 e. The van der Waals surface area contributed by atoms with Crippen molar-refractivity contribution in [2.75, 3.05) is 0 Å². The zero-order valence-corrected chi connectivity index (χ0v) is 10.8. The minimum absolute atomic E-state index is 0.525. The van der Waals surface area contributed by atoms with E-state index in [-0.39, 0.29) is 0 Å². The molecule has 0 aromatic carbocycles. The lowest BCUT2D eigenvalue weighted by Crippen LogP contribution is -2.21. The van der Waals surface area contributed by atoms with E-state index in [9.17, 15) is 0 Å². The van der Waals surface area contributed by atoms with Gasteiger partial charge in [-0.2, -0.15) is 5.10 Å². The number of rotatable bonds is 4. The number of aliphatic imine (C=N–C) groups is 1. The summed E-state index contributed by atoms with van der Waals surface area (Å²) in [6, 6.07) is 0. The molecular formula is C13H22N4. The number of aromatic nitrogens is 2. The third-order valence-corrected chi connectivity index (χ3v) is 3.53. The number of nitrogens with zero attached hydrogens (tertiary/aromatic N) is 3. The summed E-state index contributed by atoms with van der Waals surface area (Å²) in [6.07, 6.45) is 8.02. The zero-order chi connectivity index (χ0) is 12.3. The predicted octanol–water partition coefficient (Wildman–Crippen LogP) is 2.03. The Morgan fingerprint density at radius 3 is 2.88 bits per heavy atom. The SMILES string of the molecule is CCc1nn(C)cc1CN=C(N)C1CCCC1. The van der Waals surface area contributed by atoms with Crippen LogP contribution in [0.1, 0.15) is 43.9 Å². The van der Waals surface area contributed by atoms with Crippen molar-refractivity contribution < 1.29 is 0 Å². The molecule has 1 aromatic heterocycles. The molecule has 4 nitrogen and oxygen atoms in total. The van der Waals surface area contributed by atoms with Crippen molar-refractivity contribution in [2.24, 2.45) is 23.7 Å². The highest BCUT2D eigenvalue weighted by atomic mass is 15.3. The molecule has 0 spiro atoms. The van der Waals surface area contributed by atoms with Gasteiger partial charge in [0.05, 0.1) is 18.1 Å². The molecule has 1 heterocycles. The highest BCUT2D eigenvalue weighted by Crippen LogP contribution is 2.24. The quantitative estimate of drug-likeness (QED) is 0.640. The number of amidine groups is 1. The lowest BCUT2D eigenvalue weighted by Gasteiger charge is -2.07. The summed E-state index contributed by atoms with van der Waals surface area (Å²) >= 11 is 0. The number of hydrogen-bond donors (Lipinski definition) is 1. The molecule has 0 unspecified atom stereocenters. The van der Waals surface area contributed by atoms with Gasteiger partial charge in [0.2, 0.25) is 0 Å². The van der Waals surface area contributed by atoms with Gasteiger partial charge in [-0.3, -0.25) is 9.67 Å². The average Bonchev–Trinajstić information content (AvgIpc) is 2.94. The molecule has 0 amide bonds. The van der Waals surface area contributed by atoms with E-state index in [4.69, 9.17) is 5.73 Å². The van der Waals surface area contributed by atoms with Gasteiger partial charge in [-0.05, 0) is 19.3 Å². The molecule has 0 atom stereocenters. The molecule has 17 heavy (non-hydrogen) atoms. The first-order chi connectivity index (χ1) is 8.20. The Morgan fingerprint density at radius 2 is 2.24 bits per heavy atom. The van der Waals surface area contributed by atoms with Crippen molar-refractivity contribution in [3.63, 3.8) is 0 Å². The van der Waals surface area contributed by atoms with Crippen LogP contribution < -0.4 is 5.73 Å². The van der Waals surface area contributed by atoms with E-state index >= 15 is 0 Å². The Morgan fingerprint density at radius 1 is 1.53 bits per heavy atom. The Kier molecular flexibility index (Phi) is 3.82. The third-order valence-electron chi connectivity index (χ3n) is 3.53. The molecule has 0 aliphatic heterocycles. The van der Waals surface area contributed by atoms with E-state index < -0.39 is 0 Å². The van der Waals surface area contributed by atoms with Gasteiger partial charge in [0.1, 0.15) is 0 Å². The van der Waals surface area contributed by atoms with E-state index in [0.29, 0.717) is 12.5 Å². The highest BCUT2D eigenvalue weighted by Gasteiger charge is 2.18. The monoisotopic (exact) mass is 234 g/mol. The summed E-state index contributed by atoms with van der Waals surface area (Å²) in [5.74, 6) is 1.37.